The number of benzene rings is 1. The molecule has 33 heavy (non-hydrogen) atoms. The quantitative estimate of drug-likeness (QED) is 0.470. The first-order valence-electron chi connectivity index (χ1n) is 10.2. The maximum absolute atomic E-state index is 12.7. The van der Waals surface area contributed by atoms with E-state index in [4.69, 9.17) is 25.6 Å². The number of sulfonamides is 1. The molecule has 1 aliphatic rings. The normalized spacial score (nSPS) is 17.1. The number of hydrogen-bond donors (Lipinski definition) is 1. The molecule has 4 rings (SSSR count). The third-order valence-corrected chi connectivity index (χ3v) is 6.88. The van der Waals surface area contributed by atoms with Gasteiger partial charge in [-0.15, -0.1) is 0 Å². The highest BCUT2D eigenvalue weighted by molar-refractivity contribution is 7.89. The average Bonchev–Trinajstić information content (AvgIpc) is 3.51. The van der Waals surface area contributed by atoms with Gasteiger partial charge in [0.1, 0.15) is 4.90 Å². The third kappa shape index (κ3) is 5.56. The molecule has 1 aromatic carbocycles. The van der Waals surface area contributed by atoms with Crippen LogP contribution in [0.4, 0.5) is 0 Å². The van der Waals surface area contributed by atoms with Crippen molar-refractivity contribution in [2.45, 2.75) is 36.9 Å². The van der Waals surface area contributed by atoms with Crippen LogP contribution >= 0.6 is 11.6 Å². The molecule has 0 saturated carbocycles. The monoisotopic (exact) mass is 492 g/mol. The first-order chi connectivity index (χ1) is 15.8. The highest BCUT2D eigenvalue weighted by atomic mass is 35.5. The van der Waals surface area contributed by atoms with Crippen molar-refractivity contribution in [3.63, 3.8) is 0 Å². The molecular formula is C21H21ClN4O6S. The molecule has 0 amide bonds. The number of pyridine rings is 1. The zero-order chi connectivity index (χ0) is 23.4. The second-order valence-electron chi connectivity index (χ2n) is 7.38. The summed E-state index contributed by atoms with van der Waals surface area (Å²) in [7, 11) is -3.96. The van der Waals surface area contributed by atoms with E-state index in [1.165, 1.54) is 18.2 Å². The maximum Gasteiger partial charge on any atom is 0.338 e. The van der Waals surface area contributed by atoms with Gasteiger partial charge in [0.25, 0.3) is 5.89 Å². The lowest BCUT2D eigenvalue weighted by atomic mass is 10.2. The Morgan fingerprint density at radius 3 is 2.94 bits per heavy atom. The molecule has 2 unspecified atom stereocenters. The van der Waals surface area contributed by atoms with Crippen molar-refractivity contribution in [2.24, 2.45) is 0 Å². The van der Waals surface area contributed by atoms with Crippen molar-refractivity contribution in [2.75, 3.05) is 13.2 Å². The molecule has 1 N–H and O–H groups in total. The number of carbonyl (C=O) groups is 1. The topological polar surface area (TPSA) is 134 Å². The number of hydrogen-bond acceptors (Lipinski definition) is 9. The predicted octanol–water partition coefficient (Wildman–Crippen LogP) is 3.16. The molecule has 10 nitrogen and oxygen atoms in total. The summed E-state index contributed by atoms with van der Waals surface area (Å²) < 4.78 is 43.9. The molecule has 2 atom stereocenters. The molecular weight excluding hydrogens is 472 g/mol. The highest BCUT2D eigenvalue weighted by Gasteiger charge is 2.25. The van der Waals surface area contributed by atoms with Gasteiger partial charge in [0.15, 0.2) is 6.10 Å². The fourth-order valence-corrected chi connectivity index (χ4v) is 4.80. The summed E-state index contributed by atoms with van der Waals surface area (Å²) in [6, 6.07) is 7.38. The molecule has 174 valence electrons. The van der Waals surface area contributed by atoms with Gasteiger partial charge in [-0.2, -0.15) is 4.98 Å². The Morgan fingerprint density at radius 1 is 1.36 bits per heavy atom. The third-order valence-electron chi connectivity index (χ3n) is 4.97. The lowest BCUT2D eigenvalue weighted by molar-refractivity contribution is 0.0265. The van der Waals surface area contributed by atoms with Crippen molar-refractivity contribution < 1.29 is 27.2 Å². The Kier molecular flexibility index (Phi) is 7.03. The second kappa shape index (κ2) is 9.96. The van der Waals surface area contributed by atoms with E-state index in [1.54, 1.807) is 31.5 Å². The van der Waals surface area contributed by atoms with Gasteiger partial charge in [0.2, 0.25) is 15.8 Å². The van der Waals surface area contributed by atoms with Crippen LogP contribution in [0.3, 0.4) is 0 Å². The van der Waals surface area contributed by atoms with Crippen molar-refractivity contribution in [1.29, 1.82) is 0 Å². The number of nitrogens with zero attached hydrogens (tertiary/aromatic N) is 3. The number of carbonyl (C=O) groups excluding carboxylic acids is 1. The number of aromatic nitrogens is 3. The van der Waals surface area contributed by atoms with Crippen LogP contribution in [0, 0.1) is 0 Å². The van der Waals surface area contributed by atoms with Crippen LogP contribution in [-0.2, 0) is 19.5 Å². The maximum atomic E-state index is 12.7. The first-order valence-corrected chi connectivity index (χ1v) is 12.1. The Balaban J connectivity index is 1.45. The van der Waals surface area contributed by atoms with Gasteiger partial charge in [-0.25, -0.2) is 17.9 Å². The zero-order valence-electron chi connectivity index (χ0n) is 17.6. The molecule has 3 heterocycles. The number of halogens is 1. The SMILES string of the molecule is CC(OC(=O)c1ccc(Cl)c(S(=O)(=O)NCC2CCCO2)c1)c1nc(-c2cccnc2)no1. The van der Waals surface area contributed by atoms with Crippen LogP contribution in [0.1, 0.15) is 42.1 Å². The van der Waals surface area contributed by atoms with Gasteiger partial charge < -0.3 is 14.0 Å². The van der Waals surface area contributed by atoms with E-state index in [0.29, 0.717) is 18.0 Å². The van der Waals surface area contributed by atoms with E-state index in [-0.39, 0.29) is 34.0 Å². The van der Waals surface area contributed by atoms with Gasteiger partial charge in [-0.05, 0) is 50.1 Å². The minimum absolute atomic E-state index is 0.00994. The fourth-order valence-electron chi connectivity index (χ4n) is 3.21. The summed E-state index contributed by atoms with van der Waals surface area (Å²) >= 11 is 6.10. The van der Waals surface area contributed by atoms with Gasteiger partial charge in [-0.3, -0.25) is 4.98 Å². The zero-order valence-corrected chi connectivity index (χ0v) is 19.2. The summed E-state index contributed by atoms with van der Waals surface area (Å²) in [4.78, 5) is 20.7. The Labute approximate surface area is 195 Å². The van der Waals surface area contributed by atoms with E-state index in [1.807, 2.05) is 0 Å². The number of esters is 1. The smallest absolute Gasteiger partial charge is 0.338 e. The van der Waals surface area contributed by atoms with Crippen LogP contribution in [0.25, 0.3) is 11.4 Å². The van der Waals surface area contributed by atoms with E-state index < -0.39 is 22.1 Å². The summed E-state index contributed by atoms with van der Waals surface area (Å²) in [6.07, 6.45) is 3.80. The highest BCUT2D eigenvalue weighted by Crippen LogP contribution is 2.25. The van der Waals surface area contributed by atoms with E-state index in [9.17, 15) is 13.2 Å². The number of rotatable bonds is 8. The summed E-state index contributed by atoms with van der Waals surface area (Å²) in [5.74, 6) is -0.378. The number of ether oxygens (including phenoxy) is 2. The standard InChI is InChI=1S/C21H21ClN4O6S/c1-13(20-25-19(26-32-20)15-4-2-8-23-11-15)31-21(27)14-6-7-17(22)18(10-14)33(28,29)24-12-16-5-3-9-30-16/h2,4,6-8,10-11,13,16,24H,3,5,9,12H2,1H3. The summed E-state index contributed by atoms with van der Waals surface area (Å²) in [5, 5.41) is 3.85. The van der Waals surface area contributed by atoms with Crippen molar-refractivity contribution in [1.82, 2.24) is 19.8 Å². The Morgan fingerprint density at radius 2 is 2.21 bits per heavy atom. The van der Waals surface area contributed by atoms with Crippen molar-refractivity contribution in [3.05, 3.63) is 59.2 Å². The second-order valence-corrected chi connectivity index (χ2v) is 9.52. The van der Waals surface area contributed by atoms with E-state index in [2.05, 4.69) is 19.8 Å². The molecule has 0 aliphatic carbocycles. The fraction of sp³-hybridized carbons (Fsp3) is 0.333. The van der Waals surface area contributed by atoms with Gasteiger partial charge in [0.05, 0.1) is 16.7 Å². The molecule has 0 spiro atoms. The molecule has 1 fully saturated rings. The minimum atomic E-state index is -3.96. The largest absolute Gasteiger partial charge is 0.449 e. The molecule has 0 bridgehead atoms. The molecule has 1 aliphatic heterocycles. The molecule has 2 aromatic heterocycles. The van der Waals surface area contributed by atoms with E-state index >= 15 is 0 Å². The first kappa shape index (κ1) is 23.3. The van der Waals surface area contributed by atoms with Crippen LogP contribution in [-0.4, -0.2) is 48.8 Å². The summed E-state index contributed by atoms with van der Waals surface area (Å²) in [5.41, 5.74) is 0.657. The van der Waals surface area contributed by atoms with Gasteiger partial charge >= 0.3 is 5.97 Å². The molecule has 12 heteroatoms. The van der Waals surface area contributed by atoms with Gasteiger partial charge in [-0.1, -0.05) is 16.8 Å². The predicted molar refractivity (Wildman–Crippen MR) is 117 cm³/mol. The number of nitrogens with one attached hydrogen (secondary N) is 1. The Hall–Kier alpha value is -2.86. The van der Waals surface area contributed by atoms with Crippen molar-refractivity contribution in [3.8, 4) is 11.4 Å². The van der Waals surface area contributed by atoms with Crippen LogP contribution in [0.15, 0.2) is 52.1 Å². The summed E-state index contributed by atoms with van der Waals surface area (Å²) in [6.45, 7) is 2.30. The lowest BCUT2D eigenvalue weighted by Crippen LogP contribution is -2.32. The van der Waals surface area contributed by atoms with Crippen LogP contribution < -0.4 is 4.72 Å². The molecule has 3 aromatic rings. The minimum Gasteiger partial charge on any atom is -0.449 e. The lowest BCUT2D eigenvalue weighted by Gasteiger charge is -2.14. The Bertz CT molecular complexity index is 1230. The van der Waals surface area contributed by atoms with Crippen LogP contribution in [0.2, 0.25) is 5.02 Å². The van der Waals surface area contributed by atoms with Crippen LogP contribution in [0.5, 0.6) is 0 Å². The van der Waals surface area contributed by atoms with Crippen molar-refractivity contribution >= 4 is 27.6 Å². The average molecular weight is 493 g/mol. The van der Waals surface area contributed by atoms with E-state index in [0.717, 1.165) is 12.8 Å². The molecule has 0 radical (unpaired) electrons. The van der Waals surface area contributed by atoms with Gasteiger partial charge in [0, 0.05) is 31.1 Å². The molecule has 1 saturated heterocycles.